The third-order valence-corrected chi connectivity index (χ3v) is 6.32. The second-order valence-corrected chi connectivity index (χ2v) is 7.84. The van der Waals surface area contributed by atoms with Crippen molar-refractivity contribution in [3.8, 4) is 0 Å². The number of hydrogen-bond donors (Lipinski definition) is 1. The molecule has 0 aliphatic carbocycles. The second-order valence-electron chi connectivity index (χ2n) is 5.93. The topological polar surface area (TPSA) is 92.5 Å². The summed E-state index contributed by atoms with van der Waals surface area (Å²) < 4.78 is 29.2. The van der Waals surface area contributed by atoms with Crippen LogP contribution in [0.4, 0.5) is 0 Å². The van der Waals surface area contributed by atoms with Crippen molar-refractivity contribution in [2.75, 3.05) is 13.1 Å². The minimum Gasteiger partial charge on any atom is -0.478 e. The van der Waals surface area contributed by atoms with E-state index in [1.165, 1.54) is 22.5 Å². The Balaban J connectivity index is 1.88. The van der Waals surface area contributed by atoms with Crippen LogP contribution in [0.2, 0.25) is 0 Å². The summed E-state index contributed by atoms with van der Waals surface area (Å²) in [6.45, 7) is 2.44. The van der Waals surface area contributed by atoms with Crippen LogP contribution in [0.15, 0.2) is 41.6 Å². The largest absolute Gasteiger partial charge is 0.478 e. The van der Waals surface area contributed by atoms with E-state index in [4.69, 9.17) is 5.11 Å². The van der Waals surface area contributed by atoms with Gasteiger partial charge in [0.2, 0.25) is 10.0 Å². The maximum absolute atomic E-state index is 13.0. The summed E-state index contributed by atoms with van der Waals surface area (Å²) in [6.07, 6.45) is 5.16. The predicted molar refractivity (Wildman–Crippen MR) is 87.4 cm³/mol. The van der Waals surface area contributed by atoms with Crippen LogP contribution in [0.25, 0.3) is 0 Å². The van der Waals surface area contributed by atoms with Crippen LogP contribution >= 0.6 is 0 Å². The third-order valence-electron chi connectivity index (χ3n) is 4.30. The third kappa shape index (κ3) is 3.07. The molecule has 1 aromatic carbocycles. The minimum absolute atomic E-state index is 0.0159. The molecule has 1 unspecified atom stereocenters. The molecular formula is C16H19N3O4S. The number of sulfonamides is 1. The van der Waals surface area contributed by atoms with Crippen LogP contribution in [0.5, 0.6) is 0 Å². The number of aromatic nitrogens is 2. The van der Waals surface area contributed by atoms with Gasteiger partial charge in [-0.05, 0) is 49.6 Å². The summed E-state index contributed by atoms with van der Waals surface area (Å²) in [5.74, 6) is -1.07. The first-order valence-electron chi connectivity index (χ1n) is 7.73. The highest BCUT2D eigenvalue weighted by Gasteiger charge is 2.32. The molecule has 7 nitrogen and oxygen atoms in total. The molecule has 0 radical (unpaired) electrons. The number of rotatable bonds is 4. The zero-order chi connectivity index (χ0) is 17.3. The Labute approximate surface area is 140 Å². The van der Waals surface area contributed by atoms with E-state index < -0.39 is 16.0 Å². The first-order valence-corrected chi connectivity index (χ1v) is 9.17. The summed E-state index contributed by atoms with van der Waals surface area (Å²) in [6, 6.07) is 5.94. The fourth-order valence-corrected chi connectivity index (χ4v) is 4.78. The molecule has 0 spiro atoms. The lowest BCUT2D eigenvalue weighted by Crippen LogP contribution is -2.41. The molecule has 1 fully saturated rings. The highest BCUT2D eigenvalue weighted by Crippen LogP contribution is 2.28. The molecule has 2 aromatic rings. The van der Waals surface area contributed by atoms with Crippen molar-refractivity contribution in [2.24, 2.45) is 0 Å². The number of piperidine rings is 1. The van der Waals surface area contributed by atoms with Gasteiger partial charge in [-0.3, -0.25) is 4.68 Å². The molecule has 1 N–H and O–H groups in total. The molecule has 8 heteroatoms. The van der Waals surface area contributed by atoms with Gasteiger partial charge in [-0.25, -0.2) is 13.2 Å². The zero-order valence-electron chi connectivity index (χ0n) is 13.3. The molecule has 1 aliphatic heterocycles. The van der Waals surface area contributed by atoms with Crippen LogP contribution in [0, 0.1) is 6.92 Å². The van der Waals surface area contributed by atoms with E-state index >= 15 is 0 Å². The number of hydrogen-bond acceptors (Lipinski definition) is 4. The molecule has 0 amide bonds. The molecule has 1 saturated heterocycles. The Kier molecular flexibility index (Phi) is 4.42. The second kappa shape index (κ2) is 6.37. The van der Waals surface area contributed by atoms with Crippen molar-refractivity contribution in [3.63, 3.8) is 0 Å². The molecule has 24 heavy (non-hydrogen) atoms. The number of benzene rings is 1. The molecular weight excluding hydrogens is 330 g/mol. The molecule has 1 aromatic heterocycles. The van der Waals surface area contributed by atoms with Crippen molar-refractivity contribution in [2.45, 2.75) is 30.7 Å². The van der Waals surface area contributed by atoms with Crippen molar-refractivity contribution in [1.82, 2.24) is 14.1 Å². The maximum atomic E-state index is 13.0. The Hall–Kier alpha value is -2.19. The van der Waals surface area contributed by atoms with Crippen LogP contribution in [0.1, 0.15) is 34.8 Å². The van der Waals surface area contributed by atoms with Gasteiger partial charge >= 0.3 is 5.97 Å². The fourth-order valence-electron chi connectivity index (χ4n) is 3.06. The highest BCUT2D eigenvalue weighted by atomic mass is 32.2. The molecule has 1 aliphatic rings. The molecule has 0 saturated carbocycles. The van der Waals surface area contributed by atoms with E-state index in [1.807, 2.05) is 12.3 Å². The highest BCUT2D eigenvalue weighted by molar-refractivity contribution is 7.89. The minimum atomic E-state index is -3.66. The predicted octanol–water partition coefficient (Wildman–Crippen LogP) is 1.92. The zero-order valence-corrected chi connectivity index (χ0v) is 14.1. The van der Waals surface area contributed by atoms with Gasteiger partial charge in [0, 0.05) is 25.5 Å². The number of nitrogens with zero attached hydrogens (tertiary/aromatic N) is 3. The smallest absolute Gasteiger partial charge is 0.335 e. The summed E-state index contributed by atoms with van der Waals surface area (Å²) in [5, 5.41) is 13.2. The van der Waals surface area contributed by atoms with Crippen LogP contribution < -0.4 is 0 Å². The van der Waals surface area contributed by atoms with Gasteiger partial charge in [0.1, 0.15) is 0 Å². The summed E-state index contributed by atoms with van der Waals surface area (Å²) >= 11 is 0. The lowest BCUT2D eigenvalue weighted by Gasteiger charge is -2.32. The van der Waals surface area contributed by atoms with Crippen molar-refractivity contribution in [3.05, 3.63) is 47.8 Å². The lowest BCUT2D eigenvalue weighted by molar-refractivity contribution is 0.0696. The number of aryl methyl sites for hydroxylation is 1. The van der Waals surface area contributed by atoms with Gasteiger partial charge in [0.05, 0.1) is 16.5 Å². The Bertz CT molecular complexity index is 846. The number of carboxylic acids is 1. The van der Waals surface area contributed by atoms with Gasteiger partial charge in [0.15, 0.2) is 0 Å². The molecule has 0 bridgehead atoms. The first-order chi connectivity index (χ1) is 11.4. The maximum Gasteiger partial charge on any atom is 0.335 e. The van der Waals surface area contributed by atoms with Crippen LogP contribution in [-0.4, -0.2) is 46.7 Å². The average molecular weight is 349 g/mol. The monoisotopic (exact) mass is 349 g/mol. The number of aromatic carboxylic acids is 1. The molecule has 2 heterocycles. The average Bonchev–Trinajstić information content (AvgIpc) is 3.09. The Morgan fingerprint density at radius 2 is 2.17 bits per heavy atom. The van der Waals surface area contributed by atoms with Crippen LogP contribution in [-0.2, 0) is 10.0 Å². The first kappa shape index (κ1) is 16.7. The molecule has 1 atom stereocenters. The van der Waals surface area contributed by atoms with Gasteiger partial charge in [-0.2, -0.15) is 9.40 Å². The SMILES string of the molecule is Cc1cc(C(=O)O)ccc1S(=O)(=O)N1CCCC(n2cccn2)C1. The fraction of sp³-hybridized carbons (Fsp3) is 0.375. The van der Waals surface area contributed by atoms with Gasteiger partial charge < -0.3 is 5.11 Å². The number of carbonyl (C=O) groups is 1. The summed E-state index contributed by atoms with van der Waals surface area (Å²) in [4.78, 5) is 11.2. The standard InChI is InChI=1S/C16H19N3O4S/c1-12-10-13(16(20)21)5-6-15(12)24(22,23)18-8-2-4-14(11-18)19-9-3-7-17-19/h3,5-7,9-10,14H,2,4,8,11H2,1H3,(H,20,21). The summed E-state index contributed by atoms with van der Waals surface area (Å²) in [7, 11) is -3.66. The van der Waals surface area contributed by atoms with E-state index in [2.05, 4.69) is 5.10 Å². The molecule has 3 rings (SSSR count). The Morgan fingerprint density at radius 1 is 1.38 bits per heavy atom. The number of carboxylic acid groups (broad SMARTS) is 1. The molecule has 128 valence electrons. The van der Waals surface area contributed by atoms with E-state index in [0.717, 1.165) is 12.8 Å². The van der Waals surface area contributed by atoms with Crippen LogP contribution in [0.3, 0.4) is 0 Å². The van der Waals surface area contributed by atoms with Crippen molar-refractivity contribution in [1.29, 1.82) is 0 Å². The van der Waals surface area contributed by atoms with Crippen molar-refractivity contribution < 1.29 is 18.3 Å². The van der Waals surface area contributed by atoms with Gasteiger partial charge in [0.25, 0.3) is 0 Å². The quantitative estimate of drug-likeness (QED) is 0.910. The van der Waals surface area contributed by atoms with E-state index in [1.54, 1.807) is 17.8 Å². The Morgan fingerprint density at radius 3 is 2.79 bits per heavy atom. The summed E-state index contributed by atoms with van der Waals surface area (Å²) in [5.41, 5.74) is 0.524. The van der Waals surface area contributed by atoms with E-state index in [-0.39, 0.29) is 16.5 Å². The van der Waals surface area contributed by atoms with E-state index in [9.17, 15) is 13.2 Å². The van der Waals surface area contributed by atoms with Gasteiger partial charge in [-0.15, -0.1) is 0 Å². The lowest BCUT2D eigenvalue weighted by atomic mass is 10.1. The normalized spacial score (nSPS) is 19.3. The van der Waals surface area contributed by atoms with Crippen molar-refractivity contribution >= 4 is 16.0 Å². The van der Waals surface area contributed by atoms with Gasteiger partial charge in [-0.1, -0.05) is 0 Å². The van der Waals surface area contributed by atoms with E-state index in [0.29, 0.717) is 18.7 Å².